The van der Waals surface area contributed by atoms with Crippen LogP contribution >= 0.6 is 0 Å². The Morgan fingerprint density at radius 2 is 2.06 bits per heavy atom. The van der Waals surface area contributed by atoms with Crippen molar-refractivity contribution < 1.29 is 9.47 Å². The van der Waals surface area contributed by atoms with E-state index in [0.717, 1.165) is 31.0 Å². The number of ether oxygens (including phenoxy) is 2. The van der Waals surface area contributed by atoms with E-state index in [2.05, 4.69) is 31.3 Å². The minimum absolute atomic E-state index is 0.696. The summed E-state index contributed by atoms with van der Waals surface area (Å²) in [5.41, 5.74) is 2.27. The number of anilines is 1. The fourth-order valence-electron chi connectivity index (χ4n) is 1.41. The number of rotatable bonds is 7. The van der Waals surface area contributed by atoms with Gasteiger partial charge in [0.15, 0.2) is 0 Å². The summed E-state index contributed by atoms with van der Waals surface area (Å²) in [6.07, 6.45) is 1.02. The maximum absolute atomic E-state index is 5.67. The molecule has 0 aliphatic rings. The first-order chi connectivity index (χ1) is 7.77. The van der Waals surface area contributed by atoms with E-state index in [1.807, 2.05) is 6.07 Å². The van der Waals surface area contributed by atoms with E-state index in [-0.39, 0.29) is 0 Å². The fourth-order valence-corrected chi connectivity index (χ4v) is 1.41. The van der Waals surface area contributed by atoms with E-state index in [9.17, 15) is 0 Å². The van der Waals surface area contributed by atoms with Gasteiger partial charge in [-0.2, -0.15) is 0 Å². The molecule has 1 aromatic rings. The molecule has 0 spiro atoms. The first-order valence-corrected chi connectivity index (χ1v) is 5.74. The van der Waals surface area contributed by atoms with Gasteiger partial charge in [-0.15, -0.1) is 0 Å². The lowest BCUT2D eigenvalue weighted by Gasteiger charge is -2.13. The SMILES string of the molecule is CCCOc1ccc(C)cc1NCCOC. The fraction of sp³-hybridized carbons (Fsp3) is 0.538. The van der Waals surface area contributed by atoms with Crippen LogP contribution in [-0.4, -0.2) is 26.9 Å². The average molecular weight is 223 g/mol. The number of methoxy groups -OCH3 is 1. The highest BCUT2D eigenvalue weighted by atomic mass is 16.5. The highest BCUT2D eigenvalue weighted by molar-refractivity contribution is 5.58. The molecular weight excluding hydrogens is 202 g/mol. The van der Waals surface area contributed by atoms with Crippen molar-refractivity contribution in [3.63, 3.8) is 0 Å². The minimum atomic E-state index is 0.696. The van der Waals surface area contributed by atoms with Crippen molar-refractivity contribution in [2.75, 3.05) is 32.2 Å². The van der Waals surface area contributed by atoms with E-state index in [0.29, 0.717) is 6.61 Å². The summed E-state index contributed by atoms with van der Waals surface area (Å²) in [5.74, 6) is 0.920. The molecule has 0 atom stereocenters. The van der Waals surface area contributed by atoms with Crippen molar-refractivity contribution in [2.24, 2.45) is 0 Å². The van der Waals surface area contributed by atoms with E-state index >= 15 is 0 Å². The van der Waals surface area contributed by atoms with Gasteiger partial charge in [-0.25, -0.2) is 0 Å². The van der Waals surface area contributed by atoms with Crippen LogP contribution in [0.3, 0.4) is 0 Å². The Kier molecular flexibility index (Phi) is 5.72. The Bertz CT molecular complexity index is 313. The molecule has 0 aliphatic carbocycles. The van der Waals surface area contributed by atoms with E-state index in [1.165, 1.54) is 5.56 Å². The highest BCUT2D eigenvalue weighted by Crippen LogP contribution is 2.25. The van der Waals surface area contributed by atoms with E-state index in [1.54, 1.807) is 7.11 Å². The summed E-state index contributed by atoms with van der Waals surface area (Å²) in [6.45, 7) is 6.42. The summed E-state index contributed by atoms with van der Waals surface area (Å²) in [5, 5.41) is 3.31. The zero-order valence-corrected chi connectivity index (χ0v) is 10.4. The van der Waals surface area contributed by atoms with Gasteiger partial charge in [0, 0.05) is 13.7 Å². The molecule has 0 aromatic heterocycles. The van der Waals surface area contributed by atoms with Crippen molar-refractivity contribution in [3.8, 4) is 5.75 Å². The summed E-state index contributed by atoms with van der Waals surface area (Å²) < 4.78 is 10.7. The van der Waals surface area contributed by atoms with Crippen LogP contribution in [0.4, 0.5) is 5.69 Å². The monoisotopic (exact) mass is 223 g/mol. The van der Waals surface area contributed by atoms with Crippen LogP contribution in [-0.2, 0) is 4.74 Å². The number of nitrogens with one attached hydrogen (secondary N) is 1. The van der Waals surface area contributed by atoms with Gasteiger partial charge in [0.25, 0.3) is 0 Å². The molecule has 16 heavy (non-hydrogen) atoms. The largest absolute Gasteiger partial charge is 0.491 e. The third-order valence-electron chi connectivity index (χ3n) is 2.22. The molecule has 1 aromatic carbocycles. The maximum atomic E-state index is 5.67. The van der Waals surface area contributed by atoms with Crippen LogP contribution in [0.1, 0.15) is 18.9 Å². The lowest BCUT2D eigenvalue weighted by Crippen LogP contribution is -2.09. The number of hydrogen-bond donors (Lipinski definition) is 1. The number of hydrogen-bond acceptors (Lipinski definition) is 3. The zero-order valence-electron chi connectivity index (χ0n) is 10.4. The molecule has 0 aliphatic heterocycles. The number of aryl methyl sites for hydroxylation is 1. The molecule has 90 valence electrons. The summed E-state index contributed by atoms with van der Waals surface area (Å²) in [7, 11) is 1.70. The maximum Gasteiger partial charge on any atom is 0.142 e. The molecule has 0 saturated heterocycles. The molecule has 0 amide bonds. The number of benzene rings is 1. The van der Waals surface area contributed by atoms with Gasteiger partial charge in [-0.3, -0.25) is 0 Å². The minimum Gasteiger partial charge on any atom is -0.491 e. The van der Waals surface area contributed by atoms with Crippen LogP contribution in [0, 0.1) is 6.92 Å². The second-order valence-corrected chi connectivity index (χ2v) is 3.77. The quantitative estimate of drug-likeness (QED) is 0.721. The molecule has 1 rings (SSSR count). The molecule has 0 fully saturated rings. The summed E-state index contributed by atoms with van der Waals surface area (Å²) in [4.78, 5) is 0. The highest BCUT2D eigenvalue weighted by Gasteiger charge is 2.02. The lowest BCUT2D eigenvalue weighted by molar-refractivity contribution is 0.210. The summed E-state index contributed by atoms with van der Waals surface area (Å²) in [6, 6.07) is 6.17. The lowest BCUT2D eigenvalue weighted by atomic mass is 10.2. The van der Waals surface area contributed by atoms with Gasteiger partial charge in [0.1, 0.15) is 5.75 Å². The van der Waals surface area contributed by atoms with Crippen molar-refractivity contribution in [1.29, 1.82) is 0 Å². The first-order valence-electron chi connectivity index (χ1n) is 5.74. The third kappa shape index (κ3) is 4.11. The molecule has 0 radical (unpaired) electrons. The van der Waals surface area contributed by atoms with Crippen LogP contribution in [0.2, 0.25) is 0 Å². The molecular formula is C13H21NO2. The topological polar surface area (TPSA) is 30.5 Å². The Labute approximate surface area is 97.8 Å². The van der Waals surface area contributed by atoms with Gasteiger partial charge in [-0.1, -0.05) is 13.0 Å². The second-order valence-electron chi connectivity index (χ2n) is 3.77. The molecule has 0 unspecified atom stereocenters. The van der Waals surface area contributed by atoms with Gasteiger partial charge in [-0.05, 0) is 31.0 Å². The zero-order chi connectivity index (χ0) is 11.8. The Hall–Kier alpha value is -1.22. The van der Waals surface area contributed by atoms with Crippen LogP contribution in [0.15, 0.2) is 18.2 Å². The van der Waals surface area contributed by atoms with Gasteiger partial charge in [0.05, 0.1) is 18.9 Å². The summed E-state index contributed by atoms with van der Waals surface area (Å²) >= 11 is 0. The predicted octanol–water partition coefficient (Wildman–Crippen LogP) is 2.84. The molecule has 0 bridgehead atoms. The molecule has 3 heteroatoms. The first kappa shape index (κ1) is 12.8. The van der Waals surface area contributed by atoms with Crippen molar-refractivity contribution in [1.82, 2.24) is 0 Å². The normalized spacial score (nSPS) is 10.2. The smallest absolute Gasteiger partial charge is 0.142 e. The predicted molar refractivity (Wildman–Crippen MR) is 67.3 cm³/mol. The molecule has 0 saturated carbocycles. The van der Waals surface area contributed by atoms with Crippen LogP contribution in [0.25, 0.3) is 0 Å². The molecule has 1 N–H and O–H groups in total. The van der Waals surface area contributed by atoms with Gasteiger partial charge in [0.2, 0.25) is 0 Å². The Balaban J connectivity index is 2.65. The van der Waals surface area contributed by atoms with Crippen LogP contribution < -0.4 is 10.1 Å². The standard InChI is InChI=1S/C13H21NO2/c1-4-8-16-13-6-5-11(2)10-12(13)14-7-9-15-3/h5-6,10,14H,4,7-9H2,1-3H3. The average Bonchev–Trinajstić information content (AvgIpc) is 2.28. The van der Waals surface area contributed by atoms with Crippen molar-refractivity contribution in [2.45, 2.75) is 20.3 Å². The Morgan fingerprint density at radius 3 is 2.75 bits per heavy atom. The van der Waals surface area contributed by atoms with Crippen molar-refractivity contribution in [3.05, 3.63) is 23.8 Å². The van der Waals surface area contributed by atoms with E-state index in [4.69, 9.17) is 9.47 Å². The van der Waals surface area contributed by atoms with Gasteiger partial charge < -0.3 is 14.8 Å². The Morgan fingerprint density at radius 1 is 1.25 bits per heavy atom. The van der Waals surface area contributed by atoms with Gasteiger partial charge >= 0.3 is 0 Å². The van der Waals surface area contributed by atoms with Crippen molar-refractivity contribution >= 4 is 5.69 Å². The van der Waals surface area contributed by atoms with Crippen LogP contribution in [0.5, 0.6) is 5.75 Å². The molecule has 0 heterocycles. The van der Waals surface area contributed by atoms with E-state index < -0.39 is 0 Å². The third-order valence-corrected chi connectivity index (χ3v) is 2.22. The second kappa shape index (κ2) is 7.12. The molecule has 3 nitrogen and oxygen atoms in total.